The fourth-order valence-electron chi connectivity index (χ4n) is 4.98. The molecule has 0 bridgehead atoms. The largest absolute Gasteiger partial charge is 0.417 e. The van der Waals surface area contributed by atoms with Gasteiger partial charge in [0.15, 0.2) is 0 Å². The third-order valence-electron chi connectivity index (χ3n) is 6.82. The van der Waals surface area contributed by atoms with Crippen LogP contribution < -0.4 is 10.6 Å². The molecule has 0 saturated carbocycles. The number of aromatic nitrogens is 1. The highest BCUT2D eigenvalue weighted by atomic mass is 35.5. The molecule has 0 spiro atoms. The molecule has 2 aromatic carbocycles. The number of nitrogens with one attached hydrogen (secondary N) is 1. The quantitative estimate of drug-likeness (QED) is 0.440. The third kappa shape index (κ3) is 4.51. The number of morpholine rings is 1. The molecule has 2 aliphatic rings. The summed E-state index contributed by atoms with van der Waals surface area (Å²) >= 11 is 5.82. The average molecular weight is 516 g/mol. The van der Waals surface area contributed by atoms with Crippen LogP contribution in [0.2, 0.25) is 5.02 Å². The van der Waals surface area contributed by atoms with Crippen LogP contribution in [-0.4, -0.2) is 37.2 Å². The molecule has 3 aromatic rings. The molecule has 5 rings (SSSR count). The number of carbonyl (C=O) groups is 1. The first-order valence-electron chi connectivity index (χ1n) is 11.7. The molecule has 36 heavy (non-hydrogen) atoms. The number of ether oxygens (including phenoxy) is 1. The maximum Gasteiger partial charge on any atom is 0.417 e. The molecule has 1 unspecified atom stereocenters. The number of aromatic amines is 1. The summed E-state index contributed by atoms with van der Waals surface area (Å²) in [6, 6.07) is 9.92. The highest BCUT2D eigenvalue weighted by Crippen LogP contribution is 2.41. The minimum atomic E-state index is -4.60. The summed E-state index contributed by atoms with van der Waals surface area (Å²) in [5.41, 5.74) is 9.38. The van der Waals surface area contributed by atoms with Gasteiger partial charge in [0, 0.05) is 29.7 Å². The Morgan fingerprint density at radius 3 is 2.61 bits per heavy atom. The van der Waals surface area contributed by atoms with Gasteiger partial charge in [0.2, 0.25) is 0 Å². The lowest BCUT2D eigenvalue weighted by atomic mass is 9.87. The van der Waals surface area contributed by atoms with Crippen molar-refractivity contribution < 1.29 is 22.7 Å². The molecule has 1 atom stereocenters. The van der Waals surface area contributed by atoms with Crippen LogP contribution in [-0.2, 0) is 15.7 Å². The second-order valence-electron chi connectivity index (χ2n) is 9.15. The molecule has 1 aliphatic carbocycles. The van der Waals surface area contributed by atoms with E-state index < -0.39 is 17.6 Å². The van der Waals surface area contributed by atoms with E-state index in [1.807, 2.05) is 19.1 Å². The molecule has 1 saturated heterocycles. The summed E-state index contributed by atoms with van der Waals surface area (Å²) in [5.74, 6) is -0.684. The predicted octanol–water partition coefficient (Wildman–Crippen LogP) is 6.14. The number of amides is 1. The van der Waals surface area contributed by atoms with E-state index in [4.69, 9.17) is 22.1 Å². The standard InChI is InChI=1S/C27H25ClF3N3O2/c1-15-2-3-16(17-4-7-22(28)21(13-17)27(29,30)31)12-20(26(32)35)25-24(15)19-6-5-18(14-23(19)33-25)34-8-10-36-11-9-34/h3-7,12-15,33H,2,8-11H2,1H3,(H2,32,35). The molecule has 5 nitrogen and oxygen atoms in total. The predicted molar refractivity (Wildman–Crippen MR) is 136 cm³/mol. The smallest absolute Gasteiger partial charge is 0.378 e. The van der Waals surface area contributed by atoms with E-state index in [1.165, 1.54) is 12.1 Å². The Kier molecular flexibility index (Phi) is 6.34. The van der Waals surface area contributed by atoms with Crippen molar-refractivity contribution in [1.82, 2.24) is 4.98 Å². The first-order valence-corrected chi connectivity index (χ1v) is 12.1. The van der Waals surface area contributed by atoms with Crippen molar-refractivity contribution in [2.75, 3.05) is 31.2 Å². The lowest BCUT2D eigenvalue weighted by molar-refractivity contribution is -0.137. The fourth-order valence-corrected chi connectivity index (χ4v) is 5.20. The van der Waals surface area contributed by atoms with E-state index in [0.29, 0.717) is 36.5 Å². The van der Waals surface area contributed by atoms with E-state index >= 15 is 0 Å². The Balaban J connectivity index is 1.63. The lowest BCUT2D eigenvalue weighted by Gasteiger charge is -2.28. The maximum atomic E-state index is 13.5. The van der Waals surface area contributed by atoms with Crippen LogP contribution in [0.15, 0.2) is 48.6 Å². The van der Waals surface area contributed by atoms with Gasteiger partial charge in [0.05, 0.1) is 35.1 Å². The van der Waals surface area contributed by atoms with Gasteiger partial charge in [-0.3, -0.25) is 4.79 Å². The van der Waals surface area contributed by atoms with Gasteiger partial charge in [0.1, 0.15) is 0 Å². The van der Waals surface area contributed by atoms with Crippen LogP contribution in [0.5, 0.6) is 0 Å². The van der Waals surface area contributed by atoms with Crippen molar-refractivity contribution in [3.05, 3.63) is 76.0 Å². The van der Waals surface area contributed by atoms with E-state index in [9.17, 15) is 18.0 Å². The Morgan fingerprint density at radius 2 is 1.92 bits per heavy atom. The minimum Gasteiger partial charge on any atom is -0.378 e. The fraction of sp³-hybridized carbons (Fsp3) is 0.296. The molecule has 1 amide bonds. The number of alkyl halides is 3. The number of nitrogens with two attached hydrogens (primary N) is 1. The Labute approximate surface area is 211 Å². The zero-order chi connectivity index (χ0) is 25.6. The summed E-state index contributed by atoms with van der Waals surface area (Å²) in [5, 5.41) is 0.614. The normalized spacial score (nSPS) is 18.8. The first-order chi connectivity index (χ1) is 17.1. The average Bonchev–Trinajstić information content (AvgIpc) is 3.21. The topological polar surface area (TPSA) is 71.4 Å². The summed E-state index contributed by atoms with van der Waals surface area (Å²) in [4.78, 5) is 18.3. The zero-order valence-corrected chi connectivity index (χ0v) is 20.3. The summed E-state index contributed by atoms with van der Waals surface area (Å²) in [7, 11) is 0. The number of hydrogen-bond acceptors (Lipinski definition) is 3. The van der Waals surface area contributed by atoms with Crippen LogP contribution >= 0.6 is 11.6 Å². The van der Waals surface area contributed by atoms with Gasteiger partial charge in [-0.1, -0.05) is 36.7 Å². The van der Waals surface area contributed by atoms with Crippen molar-refractivity contribution >= 4 is 45.2 Å². The van der Waals surface area contributed by atoms with Crippen molar-refractivity contribution in [1.29, 1.82) is 0 Å². The summed E-state index contributed by atoms with van der Waals surface area (Å²) in [6.07, 6.45) is -0.621. The van der Waals surface area contributed by atoms with Crippen molar-refractivity contribution in [2.45, 2.75) is 25.4 Å². The van der Waals surface area contributed by atoms with Gasteiger partial charge >= 0.3 is 6.18 Å². The van der Waals surface area contributed by atoms with Crippen LogP contribution in [0.3, 0.4) is 0 Å². The molecule has 9 heteroatoms. The second-order valence-corrected chi connectivity index (χ2v) is 9.56. The van der Waals surface area contributed by atoms with Gasteiger partial charge in [0.25, 0.3) is 5.91 Å². The molecule has 3 N–H and O–H groups in total. The number of benzene rings is 2. The number of carbonyl (C=O) groups excluding carboxylic acids is 1. The van der Waals surface area contributed by atoms with Crippen molar-refractivity contribution in [3.63, 3.8) is 0 Å². The molecule has 0 radical (unpaired) electrons. The SMILES string of the molecule is CC1CC=C(c2ccc(Cl)c(C(F)(F)F)c2)C=C(C(N)=O)c2[nH]c3cc(N4CCOCC4)ccc3c21. The summed E-state index contributed by atoms with van der Waals surface area (Å²) in [6.45, 7) is 4.95. The van der Waals surface area contributed by atoms with E-state index in [-0.39, 0.29) is 16.5 Å². The highest BCUT2D eigenvalue weighted by molar-refractivity contribution is 6.31. The molecule has 2 heterocycles. The number of H-pyrrole nitrogens is 1. The van der Waals surface area contributed by atoms with Crippen molar-refractivity contribution in [3.8, 4) is 0 Å². The van der Waals surface area contributed by atoms with Gasteiger partial charge in [-0.15, -0.1) is 0 Å². The number of hydrogen-bond donors (Lipinski definition) is 2. The third-order valence-corrected chi connectivity index (χ3v) is 7.15. The molecule has 188 valence electrons. The molecule has 1 fully saturated rings. The number of fused-ring (bicyclic) bond motifs is 3. The Bertz CT molecular complexity index is 1400. The highest BCUT2D eigenvalue weighted by Gasteiger charge is 2.34. The molecular weight excluding hydrogens is 491 g/mol. The van der Waals surface area contributed by atoms with Gasteiger partial charge in [-0.05, 0) is 59.4 Å². The molecular formula is C27H25ClF3N3O2. The van der Waals surface area contributed by atoms with Gasteiger partial charge in [-0.25, -0.2) is 0 Å². The zero-order valence-electron chi connectivity index (χ0n) is 19.6. The first kappa shape index (κ1) is 24.5. The van der Waals surface area contributed by atoms with E-state index in [0.717, 1.165) is 41.3 Å². The molecule has 1 aliphatic heterocycles. The van der Waals surface area contributed by atoms with Crippen LogP contribution in [0, 0.1) is 0 Å². The van der Waals surface area contributed by atoms with E-state index in [1.54, 1.807) is 6.08 Å². The van der Waals surface area contributed by atoms with E-state index in [2.05, 4.69) is 22.0 Å². The molecule has 1 aromatic heterocycles. The number of primary amides is 1. The maximum absolute atomic E-state index is 13.5. The van der Waals surface area contributed by atoms with Crippen LogP contribution in [0.25, 0.3) is 22.0 Å². The second kappa shape index (κ2) is 9.33. The Hall–Kier alpha value is -3.23. The number of nitrogens with zero attached hydrogens (tertiary/aromatic N) is 1. The monoisotopic (exact) mass is 515 g/mol. The van der Waals surface area contributed by atoms with Gasteiger partial charge < -0.3 is 20.4 Å². The number of allylic oxidation sites excluding steroid dienone is 3. The summed E-state index contributed by atoms with van der Waals surface area (Å²) < 4.78 is 45.9. The number of anilines is 1. The lowest BCUT2D eigenvalue weighted by Crippen LogP contribution is -2.36. The van der Waals surface area contributed by atoms with Crippen molar-refractivity contribution in [2.24, 2.45) is 5.73 Å². The van der Waals surface area contributed by atoms with Crippen LogP contribution in [0.1, 0.15) is 41.6 Å². The van der Waals surface area contributed by atoms with Gasteiger partial charge in [-0.2, -0.15) is 13.2 Å². The van der Waals surface area contributed by atoms with Crippen LogP contribution in [0.4, 0.5) is 18.9 Å². The Morgan fingerprint density at radius 1 is 1.17 bits per heavy atom. The minimum absolute atomic E-state index is 0.0181. The number of halogens is 4. The number of rotatable bonds is 3.